The van der Waals surface area contributed by atoms with Gasteiger partial charge in [0.15, 0.2) is 5.82 Å². The van der Waals surface area contributed by atoms with Crippen molar-refractivity contribution in [2.45, 2.75) is 38.6 Å². The van der Waals surface area contributed by atoms with Crippen LogP contribution in [0, 0.1) is 0 Å². The molecule has 1 unspecified atom stereocenters. The van der Waals surface area contributed by atoms with Gasteiger partial charge in [-0.05, 0) is 48.7 Å². The van der Waals surface area contributed by atoms with Gasteiger partial charge >= 0.3 is 0 Å². The van der Waals surface area contributed by atoms with Crippen LogP contribution in [0.3, 0.4) is 0 Å². The summed E-state index contributed by atoms with van der Waals surface area (Å²) in [4.78, 5) is 18.9. The van der Waals surface area contributed by atoms with Crippen LogP contribution in [0.15, 0.2) is 53.1 Å². The third-order valence-electron chi connectivity index (χ3n) is 5.46. The summed E-state index contributed by atoms with van der Waals surface area (Å²) in [6.45, 7) is 3.77. The minimum atomic E-state index is -0.0336. The van der Waals surface area contributed by atoms with Crippen molar-refractivity contribution in [3.05, 3.63) is 71.4 Å². The molecule has 31 heavy (non-hydrogen) atoms. The van der Waals surface area contributed by atoms with Crippen LogP contribution in [0.5, 0.6) is 11.5 Å². The van der Waals surface area contributed by atoms with E-state index < -0.39 is 0 Å². The number of hydrogen-bond donors (Lipinski definition) is 0. The van der Waals surface area contributed by atoms with Gasteiger partial charge in [-0.1, -0.05) is 29.4 Å². The first kappa shape index (κ1) is 20.9. The van der Waals surface area contributed by atoms with E-state index >= 15 is 0 Å². The van der Waals surface area contributed by atoms with Gasteiger partial charge in [-0.3, -0.25) is 4.79 Å². The van der Waals surface area contributed by atoms with E-state index in [-0.39, 0.29) is 11.8 Å². The van der Waals surface area contributed by atoms with Crippen LogP contribution in [0.25, 0.3) is 0 Å². The van der Waals surface area contributed by atoms with Gasteiger partial charge in [0.1, 0.15) is 11.5 Å². The van der Waals surface area contributed by atoms with E-state index in [0.29, 0.717) is 44.3 Å². The van der Waals surface area contributed by atoms with Crippen molar-refractivity contribution in [3.63, 3.8) is 0 Å². The van der Waals surface area contributed by atoms with Gasteiger partial charge in [0, 0.05) is 31.8 Å². The molecule has 1 amide bonds. The second kappa shape index (κ2) is 9.64. The molecule has 1 fully saturated rings. The summed E-state index contributed by atoms with van der Waals surface area (Å²) < 4.78 is 16.1. The molecule has 0 spiro atoms. The number of rotatable bonds is 9. The Morgan fingerprint density at radius 2 is 1.74 bits per heavy atom. The van der Waals surface area contributed by atoms with Crippen LogP contribution in [-0.2, 0) is 24.2 Å². The first-order valence-corrected chi connectivity index (χ1v) is 10.6. The van der Waals surface area contributed by atoms with Gasteiger partial charge in [-0.25, -0.2) is 0 Å². The molecule has 0 bridgehead atoms. The molecule has 0 N–H and O–H groups in total. The number of methoxy groups -OCH3 is 1. The van der Waals surface area contributed by atoms with E-state index in [1.807, 2.05) is 60.4 Å². The van der Waals surface area contributed by atoms with E-state index in [9.17, 15) is 4.79 Å². The van der Waals surface area contributed by atoms with Crippen molar-refractivity contribution < 1.29 is 18.8 Å². The number of nitrogens with zero attached hydrogens (tertiary/aromatic N) is 3. The maximum Gasteiger partial charge on any atom is 0.226 e. The number of carbonyl (C=O) groups is 1. The average Bonchev–Trinajstić information content (AvgIpc) is 3.41. The quantitative estimate of drug-likeness (QED) is 0.523. The molecule has 7 nitrogen and oxygen atoms in total. The largest absolute Gasteiger partial charge is 0.497 e. The van der Waals surface area contributed by atoms with E-state index in [4.69, 9.17) is 14.0 Å². The van der Waals surface area contributed by atoms with Crippen LogP contribution in [0.1, 0.15) is 42.1 Å². The van der Waals surface area contributed by atoms with Crippen LogP contribution >= 0.6 is 0 Å². The normalized spacial score (nSPS) is 16.0. The Hall–Kier alpha value is -3.35. The zero-order chi connectivity index (χ0) is 21.6. The zero-order valence-electron chi connectivity index (χ0n) is 17.9. The molecule has 1 aliphatic rings. The second-order valence-corrected chi connectivity index (χ2v) is 7.65. The SMILES string of the molecule is CCOc1ccc(CN2CC(c3noc(CCc4ccc(OC)cc4)n3)CC2=O)cc1. The molecule has 0 saturated carbocycles. The lowest BCUT2D eigenvalue weighted by atomic mass is 10.1. The summed E-state index contributed by atoms with van der Waals surface area (Å²) in [5.74, 6) is 2.98. The minimum Gasteiger partial charge on any atom is -0.497 e. The Balaban J connectivity index is 1.32. The second-order valence-electron chi connectivity index (χ2n) is 7.65. The molecule has 1 aliphatic heterocycles. The van der Waals surface area contributed by atoms with Crippen molar-refractivity contribution in [1.82, 2.24) is 15.0 Å². The third-order valence-corrected chi connectivity index (χ3v) is 5.46. The molecule has 1 saturated heterocycles. The zero-order valence-corrected chi connectivity index (χ0v) is 17.9. The lowest BCUT2D eigenvalue weighted by Crippen LogP contribution is -2.24. The highest BCUT2D eigenvalue weighted by Gasteiger charge is 2.33. The van der Waals surface area contributed by atoms with Crippen molar-refractivity contribution in [2.75, 3.05) is 20.3 Å². The molecule has 4 rings (SSSR count). The molecule has 1 aromatic heterocycles. The average molecular weight is 421 g/mol. The van der Waals surface area contributed by atoms with Crippen LogP contribution in [0.2, 0.25) is 0 Å². The van der Waals surface area contributed by atoms with Gasteiger partial charge in [0.05, 0.1) is 13.7 Å². The summed E-state index contributed by atoms with van der Waals surface area (Å²) in [6, 6.07) is 15.8. The number of aryl methyl sites for hydroxylation is 2. The van der Waals surface area contributed by atoms with E-state index in [0.717, 1.165) is 23.5 Å². The first-order valence-electron chi connectivity index (χ1n) is 10.6. The van der Waals surface area contributed by atoms with Gasteiger partial charge in [0.2, 0.25) is 11.8 Å². The van der Waals surface area contributed by atoms with Crippen molar-refractivity contribution in [2.24, 2.45) is 0 Å². The Kier molecular flexibility index (Phi) is 6.50. The molecule has 162 valence electrons. The highest BCUT2D eigenvalue weighted by Crippen LogP contribution is 2.28. The molecular formula is C24H27N3O4. The lowest BCUT2D eigenvalue weighted by molar-refractivity contribution is -0.128. The predicted molar refractivity (Wildman–Crippen MR) is 115 cm³/mol. The van der Waals surface area contributed by atoms with Gasteiger partial charge in [-0.15, -0.1) is 0 Å². The number of aromatic nitrogens is 2. The summed E-state index contributed by atoms with van der Waals surface area (Å²) in [5, 5.41) is 4.14. The fraction of sp³-hybridized carbons (Fsp3) is 0.375. The lowest BCUT2D eigenvalue weighted by Gasteiger charge is -2.16. The summed E-state index contributed by atoms with van der Waals surface area (Å²) in [7, 11) is 1.65. The standard InChI is InChI=1S/C24H27N3O4/c1-3-30-21-11-6-18(7-12-21)15-27-16-19(14-23(27)28)24-25-22(31-26-24)13-8-17-4-9-20(29-2)10-5-17/h4-7,9-12,19H,3,8,13-16H2,1-2H3. The molecule has 2 aromatic carbocycles. The molecule has 1 atom stereocenters. The monoisotopic (exact) mass is 421 g/mol. The van der Waals surface area contributed by atoms with Gasteiger partial charge in [-0.2, -0.15) is 4.98 Å². The Morgan fingerprint density at radius 1 is 1.03 bits per heavy atom. The molecule has 7 heteroatoms. The fourth-order valence-corrected chi connectivity index (χ4v) is 3.75. The van der Waals surface area contributed by atoms with E-state index in [1.165, 1.54) is 5.56 Å². The molecule has 2 heterocycles. The third kappa shape index (κ3) is 5.23. The Labute approximate surface area is 182 Å². The number of amides is 1. The number of likely N-dealkylation sites (tertiary alicyclic amines) is 1. The predicted octanol–water partition coefficient (Wildman–Crippen LogP) is 3.78. The molecular weight excluding hydrogens is 394 g/mol. The van der Waals surface area contributed by atoms with Gasteiger partial charge < -0.3 is 18.9 Å². The fourth-order valence-electron chi connectivity index (χ4n) is 3.75. The number of carbonyl (C=O) groups excluding carboxylic acids is 1. The van der Waals surface area contributed by atoms with Crippen molar-refractivity contribution in [3.8, 4) is 11.5 Å². The maximum absolute atomic E-state index is 12.5. The number of ether oxygens (including phenoxy) is 2. The summed E-state index contributed by atoms with van der Waals surface area (Å²) in [5.41, 5.74) is 2.25. The van der Waals surface area contributed by atoms with Crippen LogP contribution in [-0.4, -0.2) is 41.2 Å². The number of benzene rings is 2. The summed E-state index contributed by atoms with van der Waals surface area (Å²) >= 11 is 0. The van der Waals surface area contributed by atoms with Crippen LogP contribution in [0.4, 0.5) is 0 Å². The van der Waals surface area contributed by atoms with Crippen molar-refractivity contribution in [1.29, 1.82) is 0 Å². The number of hydrogen-bond acceptors (Lipinski definition) is 6. The minimum absolute atomic E-state index is 0.0336. The highest BCUT2D eigenvalue weighted by molar-refractivity contribution is 5.79. The molecule has 0 aliphatic carbocycles. The van der Waals surface area contributed by atoms with Crippen molar-refractivity contribution >= 4 is 5.91 Å². The molecule has 3 aromatic rings. The maximum atomic E-state index is 12.5. The Morgan fingerprint density at radius 3 is 2.45 bits per heavy atom. The van der Waals surface area contributed by atoms with Crippen LogP contribution < -0.4 is 9.47 Å². The highest BCUT2D eigenvalue weighted by atomic mass is 16.5. The topological polar surface area (TPSA) is 77.7 Å². The summed E-state index contributed by atoms with van der Waals surface area (Å²) in [6.07, 6.45) is 1.88. The molecule has 0 radical (unpaired) electrons. The Bertz CT molecular complexity index is 998. The van der Waals surface area contributed by atoms with E-state index in [2.05, 4.69) is 10.1 Å². The first-order chi connectivity index (χ1) is 15.1. The van der Waals surface area contributed by atoms with Gasteiger partial charge in [0.25, 0.3) is 0 Å². The smallest absolute Gasteiger partial charge is 0.226 e. The van der Waals surface area contributed by atoms with E-state index in [1.54, 1.807) is 7.11 Å².